The van der Waals surface area contributed by atoms with Crippen molar-refractivity contribution in [3.8, 4) is 6.07 Å². The molecule has 0 radical (unpaired) electrons. The highest BCUT2D eigenvalue weighted by atomic mass is 19.4. The molecule has 0 aromatic heterocycles. The van der Waals surface area contributed by atoms with Gasteiger partial charge in [0.25, 0.3) is 0 Å². The summed E-state index contributed by atoms with van der Waals surface area (Å²) in [4.78, 5) is 11.1. The van der Waals surface area contributed by atoms with E-state index in [2.05, 4.69) is 5.32 Å². The lowest BCUT2D eigenvalue weighted by atomic mass is 9.98. The number of aliphatic hydroxyl groups is 1. The maximum atomic E-state index is 12.8. The van der Waals surface area contributed by atoms with Gasteiger partial charge in [-0.15, -0.1) is 0 Å². The molecule has 0 unspecified atom stereocenters. The number of nitrogens with one attached hydrogen (secondary N) is 1. The first-order valence-corrected chi connectivity index (χ1v) is 5.80. The lowest BCUT2D eigenvalue weighted by Crippen LogP contribution is -2.47. The lowest BCUT2D eigenvalue weighted by Gasteiger charge is -2.27. The number of carboxylic acids is 1. The normalized spacial score (nSPS) is 13.4. The zero-order valence-electron chi connectivity index (χ0n) is 11.2. The van der Waals surface area contributed by atoms with Gasteiger partial charge in [0.05, 0.1) is 22.8 Å². The molecule has 21 heavy (non-hydrogen) atoms. The van der Waals surface area contributed by atoms with Crippen LogP contribution in [0.25, 0.3) is 0 Å². The van der Waals surface area contributed by atoms with E-state index in [1.54, 1.807) is 0 Å². The highest BCUT2D eigenvalue weighted by Crippen LogP contribution is 2.34. The van der Waals surface area contributed by atoms with Gasteiger partial charge < -0.3 is 15.5 Å². The number of anilines is 1. The molecule has 1 aromatic rings. The number of carbonyl (C=O) groups is 1. The number of rotatable bonds is 4. The number of alkyl halides is 3. The molecule has 114 valence electrons. The van der Waals surface area contributed by atoms with Gasteiger partial charge in [0.2, 0.25) is 0 Å². The van der Waals surface area contributed by atoms with E-state index in [-0.39, 0.29) is 5.69 Å². The van der Waals surface area contributed by atoms with Crippen LogP contribution in [0.1, 0.15) is 25.0 Å². The first-order chi connectivity index (χ1) is 9.46. The highest BCUT2D eigenvalue weighted by Gasteiger charge is 2.36. The molecule has 0 amide bonds. The van der Waals surface area contributed by atoms with Crippen LogP contribution >= 0.6 is 0 Å². The van der Waals surface area contributed by atoms with Crippen LogP contribution in [0.4, 0.5) is 18.9 Å². The Bertz CT molecular complexity index is 586. The molecule has 0 fully saturated rings. The summed E-state index contributed by atoms with van der Waals surface area (Å²) < 4.78 is 38.4. The van der Waals surface area contributed by atoms with Gasteiger partial charge >= 0.3 is 12.1 Å². The average molecular weight is 302 g/mol. The van der Waals surface area contributed by atoms with Crippen LogP contribution in [0.2, 0.25) is 0 Å². The largest absolute Gasteiger partial charge is 0.480 e. The second-order valence-corrected chi connectivity index (χ2v) is 4.94. The fraction of sp³-hybridized carbons (Fsp3) is 0.385. The maximum absolute atomic E-state index is 12.8. The van der Waals surface area contributed by atoms with Gasteiger partial charge in [0, 0.05) is 5.69 Å². The Morgan fingerprint density at radius 2 is 1.95 bits per heavy atom. The van der Waals surface area contributed by atoms with Crippen LogP contribution in [0.5, 0.6) is 0 Å². The fourth-order valence-corrected chi connectivity index (χ4v) is 1.67. The fourth-order valence-electron chi connectivity index (χ4n) is 1.67. The summed E-state index contributed by atoms with van der Waals surface area (Å²) in [6, 6.07) is 2.64. The topological polar surface area (TPSA) is 93.4 Å². The van der Waals surface area contributed by atoms with Gasteiger partial charge in [-0.1, -0.05) is 0 Å². The van der Waals surface area contributed by atoms with Crippen molar-refractivity contribution in [2.24, 2.45) is 0 Å². The molecule has 0 heterocycles. The Labute approximate surface area is 118 Å². The summed E-state index contributed by atoms with van der Waals surface area (Å²) in [5, 5.41) is 29.7. The molecule has 1 aromatic carbocycles. The zero-order chi connectivity index (χ0) is 16.4. The summed E-state index contributed by atoms with van der Waals surface area (Å²) in [5.41, 5.74) is -3.59. The molecule has 1 rings (SSSR count). The van der Waals surface area contributed by atoms with Crippen LogP contribution in [0.15, 0.2) is 18.2 Å². The summed E-state index contributed by atoms with van der Waals surface area (Å²) in [6.07, 6.45) is -4.74. The minimum atomic E-state index is -4.74. The Morgan fingerprint density at radius 1 is 1.38 bits per heavy atom. The van der Waals surface area contributed by atoms with Crippen LogP contribution in [-0.2, 0) is 11.0 Å². The molecule has 0 aliphatic carbocycles. The summed E-state index contributed by atoms with van der Waals surface area (Å²) >= 11 is 0. The molecule has 0 aliphatic heterocycles. The number of nitrogens with zero attached hydrogens (tertiary/aromatic N) is 1. The lowest BCUT2D eigenvalue weighted by molar-refractivity contribution is -0.142. The van der Waals surface area contributed by atoms with Crippen LogP contribution in [0.3, 0.4) is 0 Å². The molecule has 5 nitrogen and oxygen atoms in total. The predicted molar refractivity (Wildman–Crippen MR) is 67.5 cm³/mol. The van der Waals surface area contributed by atoms with E-state index in [0.717, 1.165) is 12.1 Å². The van der Waals surface area contributed by atoms with Crippen molar-refractivity contribution in [2.75, 3.05) is 5.32 Å². The number of benzene rings is 1. The quantitative estimate of drug-likeness (QED) is 0.793. The predicted octanol–water partition coefficient (Wildman–Crippen LogP) is 2.21. The van der Waals surface area contributed by atoms with E-state index < -0.39 is 34.9 Å². The zero-order valence-corrected chi connectivity index (χ0v) is 11.2. The second-order valence-electron chi connectivity index (χ2n) is 4.94. The van der Waals surface area contributed by atoms with Gasteiger partial charge in [-0.2, -0.15) is 18.4 Å². The standard InChI is InChI=1S/C13H13F3N2O3/c1-12(2,21)10(11(19)20)18-8-4-3-7(6-17)9(5-8)13(14,15)16/h3-5,10,18,21H,1-2H3,(H,19,20)/t10-/m0/s1. The number of halogens is 3. The van der Waals surface area contributed by atoms with Crippen LogP contribution in [0, 0.1) is 11.3 Å². The molecule has 0 bridgehead atoms. The van der Waals surface area contributed by atoms with Gasteiger partial charge in [-0.25, -0.2) is 4.79 Å². The van der Waals surface area contributed by atoms with Crippen LogP contribution < -0.4 is 5.32 Å². The molecule has 3 N–H and O–H groups in total. The maximum Gasteiger partial charge on any atom is 0.417 e. The molecule has 0 saturated carbocycles. The van der Waals surface area contributed by atoms with Crippen molar-refractivity contribution in [2.45, 2.75) is 31.7 Å². The molecule has 0 spiro atoms. The Kier molecular flexibility index (Phi) is 4.49. The first-order valence-electron chi connectivity index (χ1n) is 5.80. The van der Waals surface area contributed by atoms with Gasteiger partial charge in [-0.05, 0) is 32.0 Å². The molecular formula is C13H13F3N2O3. The number of carboxylic acid groups (broad SMARTS) is 1. The SMILES string of the molecule is CC(C)(O)[C@@H](Nc1ccc(C#N)c(C(F)(F)F)c1)C(=O)O. The van der Waals surface area contributed by atoms with Crippen molar-refractivity contribution >= 4 is 11.7 Å². The minimum Gasteiger partial charge on any atom is -0.480 e. The van der Waals surface area contributed by atoms with Crippen molar-refractivity contribution in [1.29, 1.82) is 5.26 Å². The van der Waals surface area contributed by atoms with Crippen molar-refractivity contribution < 1.29 is 28.2 Å². The van der Waals surface area contributed by atoms with Crippen molar-refractivity contribution in [3.05, 3.63) is 29.3 Å². The smallest absolute Gasteiger partial charge is 0.417 e. The second kappa shape index (κ2) is 5.61. The molecule has 0 saturated heterocycles. The molecule has 8 heteroatoms. The molecule has 0 aliphatic rings. The third-order valence-electron chi connectivity index (χ3n) is 2.71. The summed E-state index contributed by atoms with van der Waals surface area (Å²) in [6.45, 7) is 2.43. The summed E-state index contributed by atoms with van der Waals surface area (Å²) in [7, 11) is 0. The van der Waals surface area contributed by atoms with E-state index in [9.17, 15) is 23.1 Å². The molecular weight excluding hydrogens is 289 g/mol. The van der Waals surface area contributed by atoms with Crippen molar-refractivity contribution in [1.82, 2.24) is 0 Å². The van der Waals surface area contributed by atoms with Gasteiger partial charge in [-0.3, -0.25) is 0 Å². The Morgan fingerprint density at radius 3 is 2.33 bits per heavy atom. The van der Waals surface area contributed by atoms with Crippen LogP contribution in [-0.4, -0.2) is 27.8 Å². The third-order valence-corrected chi connectivity index (χ3v) is 2.71. The van der Waals surface area contributed by atoms with Gasteiger partial charge in [0.1, 0.15) is 0 Å². The Hall–Kier alpha value is -2.27. The number of aliphatic carboxylic acids is 1. The summed E-state index contributed by atoms with van der Waals surface area (Å²) in [5.74, 6) is -1.42. The monoisotopic (exact) mass is 302 g/mol. The number of nitriles is 1. The van der Waals surface area contributed by atoms with E-state index >= 15 is 0 Å². The molecule has 1 atom stereocenters. The van der Waals surface area contributed by atoms with E-state index in [1.165, 1.54) is 19.9 Å². The van der Waals surface area contributed by atoms with E-state index in [0.29, 0.717) is 6.07 Å². The van der Waals surface area contributed by atoms with Crippen molar-refractivity contribution in [3.63, 3.8) is 0 Å². The Balaban J connectivity index is 3.22. The average Bonchev–Trinajstić information content (AvgIpc) is 2.32. The van der Waals surface area contributed by atoms with Gasteiger partial charge in [0.15, 0.2) is 6.04 Å². The number of hydrogen-bond donors (Lipinski definition) is 3. The van der Waals surface area contributed by atoms with E-state index in [4.69, 9.17) is 10.4 Å². The highest BCUT2D eigenvalue weighted by molar-refractivity contribution is 5.79. The van der Waals surface area contributed by atoms with E-state index in [1.807, 2.05) is 0 Å². The number of hydrogen-bond acceptors (Lipinski definition) is 4. The third kappa shape index (κ3) is 4.10. The minimum absolute atomic E-state index is 0.157. The first kappa shape index (κ1) is 16.8.